The number of carbonyl (C=O) groups excluding carboxylic acids is 2. The number of amides is 2. The molecule has 2 amide bonds. The van der Waals surface area contributed by atoms with Crippen LogP contribution in [0.3, 0.4) is 0 Å². The Balaban J connectivity index is 1.64. The Morgan fingerprint density at radius 3 is 2.52 bits per heavy atom. The van der Waals surface area contributed by atoms with Crippen molar-refractivity contribution >= 4 is 11.8 Å². The molecule has 2 heterocycles. The minimum atomic E-state index is -0.506. The van der Waals surface area contributed by atoms with E-state index in [-0.39, 0.29) is 24.1 Å². The van der Waals surface area contributed by atoms with Crippen molar-refractivity contribution in [2.75, 3.05) is 20.3 Å². The molecule has 0 bridgehead atoms. The lowest BCUT2D eigenvalue weighted by molar-refractivity contribution is 0.0928. The van der Waals surface area contributed by atoms with Crippen LogP contribution >= 0.6 is 0 Å². The molecule has 2 fully saturated rings. The number of rotatable bonds is 5. The minimum Gasteiger partial charge on any atom is -0.381 e. The highest BCUT2D eigenvalue weighted by atomic mass is 16.5. The maximum atomic E-state index is 12.7. The Labute approximate surface area is 156 Å². The van der Waals surface area contributed by atoms with Gasteiger partial charge in [-0.3, -0.25) is 14.4 Å². The minimum absolute atomic E-state index is 0.0413. The molecule has 1 aliphatic heterocycles. The number of nitrogens with one attached hydrogen (secondary N) is 2. The normalized spacial score (nSPS) is 22.8. The van der Waals surface area contributed by atoms with E-state index in [1.165, 1.54) is 23.9 Å². The second-order valence-electron chi connectivity index (χ2n) is 7.00. The van der Waals surface area contributed by atoms with E-state index in [1.807, 2.05) is 30.3 Å². The average molecular weight is 367 g/mol. The fourth-order valence-corrected chi connectivity index (χ4v) is 3.64. The van der Waals surface area contributed by atoms with E-state index in [0.29, 0.717) is 30.6 Å². The van der Waals surface area contributed by atoms with Gasteiger partial charge in [-0.2, -0.15) is 0 Å². The number of hydrogen-bond donors (Lipinski definition) is 2. The topological polar surface area (TPSA) is 89.4 Å². The molecule has 1 saturated carbocycles. The lowest BCUT2D eigenvalue weighted by atomic mass is 10.1. The number of nitrogens with zero attached hydrogens (tertiary/aromatic N) is 1. The molecule has 4 rings (SSSR count). The molecular formula is C20H21N3O4. The molecule has 1 aliphatic carbocycles. The van der Waals surface area contributed by atoms with Gasteiger partial charge in [0.2, 0.25) is 0 Å². The van der Waals surface area contributed by atoms with Gasteiger partial charge in [0, 0.05) is 31.1 Å². The quantitative estimate of drug-likeness (QED) is 0.811. The van der Waals surface area contributed by atoms with Crippen LogP contribution in [0.1, 0.15) is 26.3 Å². The standard InChI is InChI=1S/C20H21N3O4/c1-21-19(25)14-7-13(18(24)22-17-15-10-27-11-16(15)17)9-23(20(14)26)8-12-5-3-2-4-6-12/h2-7,9,15-17H,8,10-11H2,1H3,(H,21,25)(H,22,24)/t15-,16+,17?. The maximum absolute atomic E-state index is 12.7. The highest BCUT2D eigenvalue weighted by Gasteiger charge is 2.54. The summed E-state index contributed by atoms with van der Waals surface area (Å²) in [4.78, 5) is 37.5. The molecule has 1 aromatic heterocycles. The van der Waals surface area contributed by atoms with Gasteiger partial charge in [0.25, 0.3) is 17.4 Å². The highest BCUT2D eigenvalue weighted by Crippen LogP contribution is 2.44. The molecule has 2 N–H and O–H groups in total. The van der Waals surface area contributed by atoms with Gasteiger partial charge in [0.05, 0.1) is 25.3 Å². The van der Waals surface area contributed by atoms with Crippen molar-refractivity contribution in [2.45, 2.75) is 12.6 Å². The summed E-state index contributed by atoms with van der Waals surface area (Å²) in [5.74, 6) is -0.0281. The van der Waals surface area contributed by atoms with E-state index < -0.39 is 11.5 Å². The molecular weight excluding hydrogens is 346 g/mol. The largest absolute Gasteiger partial charge is 0.381 e. The summed E-state index contributed by atoms with van der Waals surface area (Å²) in [6.45, 7) is 1.63. The third-order valence-electron chi connectivity index (χ3n) is 5.27. The maximum Gasteiger partial charge on any atom is 0.263 e. The van der Waals surface area contributed by atoms with Gasteiger partial charge in [0.1, 0.15) is 5.56 Å². The predicted octanol–water partition coefficient (Wildman–Crippen LogP) is 0.631. The monoisotopic (exact) mass is 367 g/mol. The lowest BCUT2D eigenvalue weighted by Crippen LogP contribution is -2.35. The van der Waals surface area contributed by atoms with Crippen molar-refractivity contribution in [1.29, 1.82) is 0 Å². The van der Waals surface area contributed by atoms with Gasteiger partial charge < -0.3 is 19.9 Å². The number of carbonyl (C=O) groups is 2. The molecule has 0 radical (unpaired) electrons. The van der Waals surface area contributed by atoms with E-state index in [1.54, 1.807) is 0 Å². The van der Waals surface area contributed by atoms with E-state index in [2.05, 4.69) is 10.6 Å². The van der Waals surface area contributed by atoms with Crippen LogP contribution in [0, 0.1) is 11.8 Å². The van der Waals surface area contributed by atoms with Gasteiger partial charge in [0.15, 0.2) is 0 Å². The van der Waals surface area contributed by atoms with Crippen LogP contribution in [-0.2, 0) is 11.3 Å². The van der Waals surface area contributed by atoms with Crippen LogP contribution in [-0.4, -0.2) is 42.7 Å². The average Bonchev–Trinajstić information content (AvgIpc) is 3.10. The van der Waals surface area contributed by atoms with Crippen LogP contribution in [0.2, 0.25) is 0 Å². The molecule has 2 aromatic rings. The number of hydrogen-bond acceptors (Lipinski definition) is 4. The van der Waals surface area contributed by atoms with Gasteiger partial charge in [-0.15, -0.1) is 0 Å². The van der Waals surface area contributed by atoms with Crippen molar-refractivity contribution < 1.29 is 14.3 Å². The first kappa shape index (κ1) is 17.5. The van der Waals surface area contributed by atoms with Gasteiger partial charge in [-0.05, 0) is 11.6 Å². The first-order valence-electron chi connectivity index (χ1n) is 8.97. The first-order valence-corrected chi connectivity index (χ1v) is 8.97. The number of aromatic nitrogens is 1. The van der Waals surface area contributed by atoms with Crippen molar-refractivity contribution in [3.8, 4) is 0 Å². The van der Waals surface area contributed by atoms with Crippen LogP contribution in [0.5, 0.6) is 0 Å². The zero-order chi connectivity index (χ0) is 19.0. The summed E-state index contributed by atoms with van der Waals surface area (Å²) >= 11 is 0. The van der Waals surface area contributed by atoms with Crippen LogP contribution in [0.15, 0.2) is 47.4 Å². The third kappa shape index (κ3) is 3.38. The number of benzene rings is 1. The molecule has 1 unspecified atom stereocenters. The second kappa shape index (κ2) is 7.00. The van der Waals surface area contributed by atoms with Crippen molar-refractivity contribution in [1.82, 2.24) is 15.2 Å². The Hall–Kier alpha value is -2.93. The van der Waals surface area contributed by atoms with E-state index in [0.717, 1.165) is 5.56 Å². The van der Waals surface area contributed by atoms with Gasteiger partial charge in [-0.1, -0.05) is 30.3 Å². The summed E-state index contributed by atoms with van der Waals surface area (Å²) in [5, 5.41) is 5.47. The van der Waals surface area contributed by atoms with E-state index >= 15 is 0 Å². The number of fused-ring (bicyclic) bond motifs is 1. The zero-order valence-electron chi connectivity index (χ0n) is 15.0. The van der Waals surface area contributed by atoms with Crippen molar-refractivity contribution in [2.24, 2.45) is 11.8 Å². The molecule has 1 aromatic carbocycles. The van der Waals surface area contributed by atoms with Crippen LogP contribution in [0.25, 0.3) is 0 Å². The molecule has 0 spiro atoms. The third-order valence-corrected chi connectivity index (χ3v) is 5.27. The van der Waals surface area contributed by atoms with Crippen molar-refractivity contribution in [3.05, 3.63) is 69.6 Å². The number of pyridine rings is 1. The fourth-order valence-electron chi connectivity index (χ4n) is 3.64. The molecule has 27 heavy (non-hydrogen) atoms. The second-order valence-corrected chi connectivity index (χ2v) is 7.00. The summed E-state index contributed by atoms with van der Waals surface area (Å²) in [6.07, 6.45) is 1.52. The molecule has 7 heteroatoms. The molecule has 3 atom stereocenters. The van der Waals surface area contributed by atoms with E-state index in [4.69, 9.17) is 4.74 Å². The van der Waals surface area contributed by atoms with Gasteiger partial charge >= 0.3 is 0 Å². The molecule has 2 aliphatic rings. The molecule has 140 valence electrons. The number of ether oxygens (including phenoxy) is 1. The summed E-state index contributed by atoms with van der Waals surface area (Å²) < 4.78 is 6.75. The molecule has 7 nitrogen and oxygen atoms in total. The Morgan fingerprint density at radius 2 is 1.85 bits per heavy atom. The van der Waals surface area contributed by atoms with Crippen LogP contribution < -0.4 is 16.2 Å². The highest BCUT2D eigenvalue weighted by molar-refractivity contribution is 5.99. The Bertz CT molecular complexity index is 928. The van der Waals surface area contributed by atoms with Crippen LogP contribution in [0.4, 0.5) is 0 Å². The summed E-state index contributed by atoms with van der Waals surface area (Å²) in [6, 6.07) is 10.9. The van der Waals surface area contributed by atoms with E-state index in [9.17, 15) is 14.4 Å². The lowest BCUT2D eigenvalue weighted by Gasteiger charge is -2.13. The Morgan fingerprint density at radius 1 is 1.15 bits per heavy atom. The Kier molecular flexibility index (Phi) is 4.53. The zero-order valence-corrected chi connectivity index (χ0v) is 15.0. The van der Waals surface area contributed by atoms with Crippen molar-refractivity contribution in [3.63, 3.8) is 0 Å². The predicted molar refractivity (Wildman–Crippen MR) is 98.7 cm³/mol. The smallest absolute Gasteiger partial charge is 0.263 e. The summed E-state index contributed by atoms with van der Waals surface area (Å²) in [7, 11) is 1.46. The fraction of sp³-hybridized carbons (Fsp3) is 0.350. The molecule has 1 saturated heterocycles. The summed E-state index contributed by atoms with van der Waals surface area (Å²) in [5.41, 5.74) is 0.746. The van der Waals surface area contributed by atoms with Gasteiger partial charge in [-0.25, -0.2) is 0 Å². The first-order chi connectivity index (χ1) is 13.1. The SMILES string of the molecule is CNC(=O)c1cc(C(=O)NC2[C@H]3COC[C@@H]23)cn(Cc2ccccc2)c1=O.